The van der Waals surface area contributed by atoms with Gasteiger partial charge < -0.3 is 9.72 Å². The molecule has 0 saturated heterocycles. The van der Waals surface area contributed by atoms with Crippen LogP contribution in [0, 0.1) is 0 Å². The number of ether oxygens (including phenoxy) is 1. The minimum Gasteiger partial charge on any atom is -0.459 e. The molecule has 4 rings (SSSR count). The van der Waals surface area contributed by atoms with Crippen LogP contribution in [0.15, 0.2) is 77.6 Å². The molecule has 5 nitrogen and oxygen atoms in total. The van der Waals surface area contributed by atoms with Crippen LogP contribution in [0.2, 0.25) is 0 Å². The molecule has 0 saturated carbocycles. The first kappa shape index (κ1) is 18.6. The van der Waals surface area contributed by atoms with Crippen molar-refractivity contribution in [2.24, 2.45) is 0 Å². The smallest absolute Gasteiger partial charge is 0.338 e. The quantitative estimate of drug-likeness (QED) is 0.512. The Balaban J connectivity index is 1.77. The molecule has 5 heteroatoms. The van der Waals surface area contributed by atoms with E-state index in [2.05, 4.69) is 9.97 Å². The van der Waals surface area contributed by atoms with E-state index in [-0.39, 0.29) is 17.6 Å². The van der Waals surface area contributed by atoms with Crippen LogP contribution < -0.4 is 5.56 Å². The number of rotatable bonds is 4. The summed E-state index contributed by atoms with van der Waals surface area (Å²) in [4.78, 5) is 32.1. The molecule has 0 unspecified atom stereocenters. The average Bonchev–Trinajstić information content (AvgIpc) is 2.73. The van der Waals surface area contributed by atoms with Gasteiger partial charge in [-0.2, -0.15) is 0 Å². The highest BCUT2D eigenvalue weighted by atomic mass is 16.5. The second-order valence-electron chi connectivity index (χ2n) is 7.01. The zero-order valence-electron chi connectivity index (χ0n) is 16.2. The molecule has 0 aliphatic heterocycles. The second kappa shape index (κ2) is 7.72. The predicted octanol–water partition coefficient (Wildman–Crippen LogP) is 4.82. The molecule has 144 valence electrons. The summed E-state index contributed by atoms with van der Waals surface area (Å²) < 4.78 is 5.24. The zero-order valence-corrected chi connectivity index (χ0v) is 16.2. The number of hydrogen-bond donors (Lipinski definition) is 1. The lowest BCUT2D eigenvalue weighted by molar-refractivity contribution is 0.0378. The van der Waals surface area contributed by atoms with Gasteiger partial charge in [-0.25, -0.2) is 9.78 Å². The molecule has 0 amide bonds. The van der Waals surface area contributed by atoms with Gasteiger partial charge in [-0.05, 0) is 49.2 Å². The highest BCUT2D eigenvalue weighted by molar-refractivity contribution is 5.91. The number of esters is 1. The van der Waals surface area contributed by atoms with Crippen LogP contribution in [-0.2, 0) is 4.74 Å². The Morgan fingerprint density at radius 1 is 0.897 bits per heavy atom. The van der Waals surface area contributed by atoms with Gasteiger partial charge >= 0.3 is 5.97 Å². The maximum absolute atomic E-state index is 12.5. The summed E-state index contributed by atoms with van der Waals surface area (Å²) in [6.45, 7) is 3.64. The molecule has 3 aromatic carbocycles. The summed E-state index contributed by atoms with van der Waals surface area (Å²) in [5.74, 6) is 0.160. The van der Waals surface area contributed by atoms with Crippen LogP contribution in [0.25, 0.3) is 33.4 Å². The van der Waals surface area contributed by atoms with Crippen molar-refractivity contribution in [1.82, 2.24) is 9.97 Å². The molecular formula is C24H20N2O3. The number of carbonyl (C=O) groups is 1. The van der Waals surface area contributed by atoms with Crippen molar-refractivity contribution >= 4 is 16.9 Å². The standard InChI is InChI=1S/C24H20N2O3/c1-15(2)29-24(28)17-13-11-16(12-14-17)18-7-3-4-8-19(18)22-25-21-10-6-5-9-20(21)23(27)26-22/h3-15H,1-2H3,(H,25,26,27). The summed E-state index contributed by atoms with van der Waals surface area (Å²) in [6.07, 6.45) is -0.168. The summed E-state index contributed by atoms with van der Waals surface area (Å²) in [5, 5.41) is 0.557. The Hall–Kier alpha value is -3.73. The first-order chi connectivity index (χ1) is 14.0. The van der Waals surface area contributed by atoms with Gasteiger partial charge in [0.15, 0.2) is 0 Å². The largest absolute Gasteiger partial charge is 0.459 e. The van der Waals surface area contributed by atoms with Crippen LogP contribution in [0.4, 0.5) is 0 Å². The van der Waals surface area contributed by atoms with Crippen molar-refractivity contribution in [3.05, 3.63) is 88.7 Å². The number of nitrogens with one attached hydrogen (secondary N) is 1. The van der Waals surface area contributed by atoms with Gasteiger partial charge in [0.1, 0.15) is 5.82 Å². The summed E-state index contributed by atoms with van der Waals surface area (Å²) in [6, 6.07) is 22.2. The molecule has 1 N–H and O–H groups in total. The van der Waals surface area contributed by atoms with Gasteiger partial charge in [0, 0.05) is 5.56 Å². The highest BCUT2D eigenvalue weighted by Crippen LogP contribution is 2.30. The lowest BCUT2D eigenvalue weighted by Crippen LogP contribution is -2.11. The normalized spacial score (nSPS) is 11.0. The molecule has 1 heterocycles. The van der Waals surface area contributed by atoms with Gasteiger partial charge in [-0.3, -0.25) is 4.79 Å². The molecule has 0 fully saturated rings. The van der Waals surface area contributed by atoms with Gasteiger partial charge in [-0.15, -0.1) is 0 Å². The molecule has 29 heavy (non-hydrogen) atoms. The average molecular weight is 384 g/mol. The Morgan fingerprint density at radius 3 is 2.28 bits per heavy atom. The third kappa shape index (κ3) is 3.80. The van der Waals surface area contributed by atoms with E-state index in [1.165, 1.54) is 0 Å². The minimum atomic E-state index is -0.347. The maximum atomic E-state index is 12.5. The summed E-state index contributed by atoms with van der Waals surface area (Å²) in [5.41, 5.74) is 3.61. The van der Waals surface area contributed by atoms with E-state index in [1.807, 2.05) is 68.4 Å². The molecule has 0 radical (unpaired) electrons. The van der Waals surface area contributed by atoms with Crippen LogP contribution in [0.5, 0.6) is 0 Å². The van der Waals surface area contributed by atoms with Crippen molar-refractivity contribution < 1.29 is 9.53 Å². The van der Waals surface area contributed by atoms with E-state index < -0.39 is 0 Å². The summed E-state index contributed by atoms with van der Waals surface area (Å²) >= 11 is 0. The van der Waals surface area contributed by atoms with E-state index in [9.17, 15) is 9.59 Å². The topological polar surface area (TPSA) is 72.0 Å². The molecule has 0 aliphatic rings. The van der Waals surface area contributed by atoms with Crippen molar-refractivity contribution in [2.75, 3.05) is 0 Å². The third-order valence-electron chi connectivity index (χ3n) is 4.57. The summed E-state index contributed by atoms with van der Waals surface area (Å²) in [7, 11) is 0. The van der Waals surface area contributed by atoms with Crippen LogP contribution >= 0.6 is 0 Å². The first-order valence-corrected chi connectivity index (χ1v) is 9.43. The SMILES string of the molecule is CC(C)OC(=O)c1ccc(-c2ccccc2-c2nc3ccccc3c(=O)[nH]2)cc1. The van der Waals surface area contributed by atoms with Crippen LogP contribution in [0.1, 0.15) is 24.2 Å². The van der Waals surface area contributed by atoms with Gasteiger partial charge in [-0.1, -0.05) is 48.5 Å². The molecule has 0 spiro atoms. The van der Waals surface area contributed by atoms with Gasteiger partial charge in [0.05, 0.1) is 22.6 Å². The molecule has 0 atom stereocenters. The van der Waals surface area contributed by atoms with E-state index in [1.54, 1.807) is 18.2 Å². The fourth-order valence-corrected chi connectivity index (χ4v) is 3.22. The molecule has 1 aromatic heterocycles. The van der Waals surface area contributed by atoms with Crippen molar-refractivity contribution in [3.63, 3.8) is 0 Å². The van der Waals surface area contributed by atoms with E-state index in [0.29, 0.717) is 22.3 Å². The molecular weight excluding hydrogens is 364 g/mol. The monoisotopic (exact) mass is 384 g/mol. The maximum Gasteiger partial charge on any atom is 0.338 e. The van der Waals surface area contributed by atoms with E-state index >= 15 is 0 Å². The van der Waals surface area contributed by atoms with Crippen molar-refractivity contribution in [3.8, 4) is 22.5 Å². The number of H-pyrrole nitrogens is 1. The molecule has 0 aliphatic carbocycles. The number of fused-ring (bicyclic) bond motifs is 1. The van der Waals surface area contributed by atoms with Crippen molar-refractivity contribution in [1.29, 1.82) is 0 Å². The Bertz CT molecular complexity index is 1240. The van der Waals surface area contributed by atoms with Gasteiger partial charge in [0.2, 0.25) is 0 Å². The number of carbonyl (C=O) groups excluding carboxylic acids is 1. The molecule has 0 bridgehead atoms. The van der Waals surface area contributed by atoms with E-state index in [4.69, 9.17) is 4.74 Å². The third-order valence-corrected chi connectivity index (χ3v) is 4.57. The number of hydrogen-bond acceptors (Lipinski definition) is 4. The lowest BCUT2D eigenvalue weighted by Gasteiger charge is -2.11. The number of aromatic nitrogens is 2. The number of aromatic amines is 1. The Kier molecular flexibility index (Phi) is 4.96. The highest BCUT2D eigenvalue weighted by Gasteiger charge is 2.13. The number of benzene rings is 3. The minimum absolute atomic E-state index is 0.168. The first-order valence-electron chi connectivity index (χ1n) is 9.43. The Morgan fingerprint density at radius 2 is 1.55 bits per heavy atom. The zero-order chi connectivity index (χ0) is 20.4. The van der Waals surface area contributed by atoms with E-state index in [0.717, 1.165) is 16.7 Å². The Labute approximate surface area is 168 Å². The van der Waals surface area contributed by atoms with Crippen molar-refractivity contribution in [2.45, 2.75) is 20.0 Å². The van der Waals surface area contributed by atoms with Gasteiger partial charge in [0.25, 0.3) is 5.56 Å². The number of nitrogens with zero attached hydrogens (tertiary/aromatic N) is 1. The van der Waals surface area contributed by atoms with Crippen LogP contribution in [0.3, 0.4) is 0 Å². The predicted molar refractivity (Wildman–Crippen MR) is 114 cm³/mol. The fraction of sp³-hybridized carbons (Fsp3) is 0.125. The fourth-order valence-electron chi connectivity index (χ4n) is 3.22. The number of para-hydroxylation sites is 1. The second-order valence-corrected chi connectivity index (χ2v) is 7.01. The van der Waals surface area contributed by atoms with Crippen LogP contribution in [-0.4, -0.2) is 22.0 Å². The lowest BCUT2D eigenvalue weighted by atomic mass is 9.98. The molecule has 4 aromatic rings.